The quantitative estimate of drug-likeness (QED) is 0.627. The summed E-state index contributed by atoms with van der Waals surface area (Å²) in [5.74, 6) is -0.109. The minimum Gasteiger partial charge on any atom is -0.376 e. The summed E-state index contributed by atoms with van der Waals surface area (Å²) in [5.41, 5.74) is 1.59. The molecule has 1 aromatic carbocycles. The average molecular weight is 438 g/mol. The fraction of sp³-hybridized carbons (Fsp3) is 0.500. The maximum atomic E-state index is 13.0. The van der Waals surface area contributed by atoms with Crippen LogP contribution in [-0.2, 0) is 16.1 Å². The number of carbonyl (C=O) groups excluding carboxylic acids is 2. The summed E-state index contributed by atoms with van der Waals surface area (Å²) in [7, 11) is 0. The van der Waals surface area contributed by atoms with Crippen molar-refractivity contribution in [2.24, 2.45) is 0 Å². The van der Waals surface area contributed by atoms with Crippen LogP contribution in [0.25, 0.3) is 0 Å². The highest BCUT2D eigenvalue weighted by atomic mass is 16.5. The largest absolute Gasteiger partial charge is 0.376 e. The highest BCUT2D eigenvalue weighted by Crippen LogP contribution is 2.16. The molecular weight excluding hydrogens is 406 g/mol. The molecule has 2 amide bonds. The lowest BCUT2D eigenvalue weighted by Crippen LogP contribution is -2.49. The molecule has 1 aromatic heterocycles. The van der Waals surface area contributed by atoms with Gasteiger partial charge in [-0.1, -0.05) is 30.3 Å². The molecule has 4 rings (SSSR count). The SMILES string of the molecule is O=C(CCN(CC1CCCO1)C(=O)c1cnccn1)N1CCN(Cc2ccccc2)CC1. The monoisotopic (exact) mass is 437 g/mol. The van der Waals surface area contributed by atoms with Gasteiger partial charge in [-0.25, -0.2) is 4.98 Å². The highest BCUT2D eigenvalue weighted by molar-refractivity contribution is 5.92. The Kier molecular flexibility index (Phi) is 7.79. The number of nitrogens with zero attached hydrogens (tertiary/aromatic N) is 5. The number of amides is 2. The predicted octanol–water partition coefficient (Wildman–Crippen LogP) is 1.83. The topological polar surface area (TPSA) is 78.9 Å². The normalized spacial score (nSPS) is 19.1. The summed E-state index contributed by atoms with van der Waals surface area (Å²) < 4.78 is 5.72. The third-order valence-corrected chi connectivity index (χ3v) is 6.09. The summed E-state index contributed by atoms with van der Waals surface area (Å²) in [6.45, 7) is 5.63. The lowest BCUT2D eigenvalue weighted by Gasteiger charge is -2.35. The summed E-state index contributed by atoms with van der Waals surface area (Å²) in [4.78, 5) is 40.0. The predicted molar refractivity (Wildman–Crippen MR) is 120 cm³/mol. The van der Waals surface area contributed by atoms with Gasteiger partial charge in [0.05, 0.1) is 12.3 Å². The molecule has 0 saturated carbocycles. The van der Waals surface area contributed by atoms with Gasteiger partial charge in [-0.15, -0.1) is 0 Å². The van der Waals surface area contributed by atoms with Gasteiger partial charge in [-0.3, -0.25) is 19.5 Å². The zero-order chi connectivity index (χ0) is 22.2. The second kappa shape index (κ2) is 11.2. The van der Waals surface area contributed by atoms with Crippen molar-refractivity contribution in [2.45, 2.75) is 31.9 Å². The van der Waals surface area contributed by atoms with Crippen LogP contribution in [0, 0.1) is 0 Å². The Morgan fingerprint density at radius 2 is 1.91 bits per heavy atom. The Morgan fingerprint density at radius 3 is 2.59 bits per heavy atom. The summed E-state index contributed by atoms with van der Waals surface area (Å²) in [5, 5.41) is 0. The number of hydrogen-bond acceptors (Lipinski definition) is 6. The Morgan fingerprint density at radius 1 is 1.09 bits per heavy atom. The first kappa shape index (κ1) is 22.4. The van der Waals surface area contributed by atoms with Crippen molar-refractivity contribution in [3.63, 3.8) is 0 Å². The van der Waals surface area contributed by atoms with Crippen LogP contribution in [0.15, 0.2) is 48.9 Å². The molecule has 0 aliphatic carbocycles. The molecule has 8 heteroatoms. The number of rotatable bonds is 8. The van der Waals surface area contributed by atoms with Gasteiger partial charge in [0.1, 0.15) is 5.69 Å². The van der Waals surface area contributed by atoms with Crippen LogP contribution in [0.2, 0.25) is 0 Å². The zero-order valence-corrected chi connectivity index (χ0v) is 18.4. The minimum atomic E-state index is -0.200. The lowest BCUT2D eigenvalue weighted by atomic mass is 10.2. The van der Waals surface area contributed by atoms with E-state index in [4.69, 9.17) is 4.74 Å². The van der Waals surface area contributed by atoms with Crippen molar-refractivity contribution in [3.05, 3.63) is 60.2 Å². The molecule has 32 heavy (non-hydrogen) atoms. The molecule has 1 atom stereocenters. The summed E-state index contributed by atoms with van der Waals surface area (Å²) in [6.07, 6.45) is 6.79. The van der Waals surface area contributed by atoms with Crippen LogP contribution in [0.1, 0.15) is 35.3 Å². The van der Waals surface area contributed by atoms with Crippen molar-refractivity contribution in [3.8, 4) is 0 Å². The van der Waals surface area contributed by atoms with E-state index in [-0.39, 0.29) is 17.9 Å². The molecule has 0 spiro atoms. The molecule has 2 fully saturated rings. The molecule has 8 nitrogen and oxygen atoms in total. The molecule has 0 N–H and O–H groups in total. The van der Waals surface area contributed by atoms with Crippen molar-refractivity contribution in [1.29, 1.82) is 0 Å². The van der Waals surface area contributed by atoms with Gasteiger partial charge < -0.3 is 14.5 Å². The number of benzene rings is 1. The molecule has 3 heterocycles. The molecular formula is C24H31N5O3. The smallest absolute Gasteiger partial charge is 0.274 e. The van der Waals surface area contributed by atoms with Gasteiger partial charge >= 0.3 is 0 Å². The van der Waals surface area contributed by atoms with Crippen molar-refractivity contribution in [2.75, 3.05) is 45.9 Å². The van der Waals surface area contributed by atoms with E-state index in [9.17, 15) is 9.59 Å². The molecule has 170 valence electrons. The molecule has 0 radical (unpaired) electrons. The first-order valence-corrected chi connectivity index (χ1v) is 11.4. The second-order valence-electron chi connectivity index (χ2n) is 8.37. The molecule has 1 unspecified atom stereocenters. The van der Waals surface area contributed by atoms with Crippen LogP contribution in [0.4, 0.5) is 0 Å². The third-order valence-electron chi connectivity index (χ3n) is 6.09. The van der Waals surface area contributed by atoms with Gasteiger partial charge in [0.15, 0.2) is 0 Å². The molecule has 2 saturated heterocycles. The van der Waals surface area contributed by atoms with Gasteiger partial charge in [0, 0.05) is 71.2 Å². The highest BCUT2D eigenvalue weighted by Gasteiger charge is 2.26. The molecule has 2 aromatic rings. The van der Waals surface area contributed by atoms with Crippen LogP contribution < -0.4 is 0 Å². The van der Waals surface area contributed by atoms with Gasteiger partial charge in [-0.2, -0.15) is 0 Å². The van der Waals surface area contributed by atoms with E-state index in [2.05, 4.69) is 39.1 Å². The van der Waals surface area contributed by atoms with Crippen LogP contribution in [-0.4, -0.2) is 88.5 Å². The lowest BCUT2D eigenvalue weighted by molar-refractivity contribution is -0.133. The standard InChI is InChI=1S/C24H31N5O3/c30-23(28-14-12-27(13-15-28)18-20-5-2-1-3-6-20)8-11-29(19-21-7-4-16-32-21)24(31)22-17-25-9-10-26-22/h1-3,5-6,9-10,17,21H,4,7-8,11-16,18-19H2. The van der Waals surface area contributed by atoms with E-state index in [1.165, 1.54) is 18.0 Å². The van der Waals surface area contributed by atoms with Crippen molar-refractivity contribution in [1.82, 2.24) is 24.7 Å². The fourth-order valence-corrected chi connectivity index (χ4v) is 4.27. The molecule has 0 bridgehead atoms. The Bertz CT molecular complexity index is 866. The Hall–Kier alpha value is -2.84. The number of aromatic nitrogens is 2. The van der Waals surface area contributed by atoms with Crippen LogP contribution in [0.5, 0.6) is 0 Å². The second-order valence-corrected chi connectivity index (χ2v) is 8.37. The minimum absolute atomic E-state index is 0.0206. The van der Waals surface area contributed by atoms with Crippen LogP contribution in [0.3, 0.4) is 0 Å². The van der Waals surface area contributed by atoms with Crippen molar-refractivity contribution >= 4 is 11.8 Å². The fourth-order valence-electron chi connectivity index (χ4n) is 4.27. The van der Waals surface area contributed by atoms with E-state index in [0.717, 1.165) is 52.2 Å². The van der Waals surface area contributed by atoms with Gasteiger partial charge in [0.25, 0.3) is 5.91 Å². The average Bonchev–Trinajstić information content (AvgIpc) is 3.36. The van der Waals surface area contributed by atoms with E-state index < -0.39 is 0 Å². The molecule has 2 aliphatic heterocycles. The number of piperazine rings is 1. The first-order chi connectivity index (χ1) is 15.7. The zero-order valence-electron chi connectivity index (χ0n) is 18.4. The summed E-state index contributed by atoms with van der Waals surface area (Å²) in [6, 6.07) is 10.4. The number of carbonyl (C=O) groups is 2. The van der Waals surface area contributed by atoms with E-state index in [0.29, 0.717) is 25.2 Å². The number of ether oxygens (including phenoxy) is 1. The van der Waals surface area contributed by atoms with E-state index in [1.54, 1.807) is 11.1 Å². The third kappa shape index (κ3) is 6.11. The van der Waals surface area contributed by atoms with Gasteiger partial charge in [-0.05, 0) is 18.4 Å². The van der Waals surface area contributed by atoms with E-state index in [1.807, 2.05) is 11.0 Å². The van der Waals surface area contributed by atoms with Gasteiger partial charge in [0.2, 0.25) is 5.91 Å². The van der Waals surface area contributed by atoms with Crippen LogP contribution >= 0.6 is 0 Å². The Labute approximate surface area is 189 Å². The van der Waals surface area contributed by atoms with Crippen molar-refractivity contribution < 1.29 is 14.3 Å². The van der Waals surface area contributed by atoms with E-state index >= 15 is 0 Å². The summed E-state index contributed by atoms with van der Waals surface area (Å²) >= 11 is 0. The maximum Gasteiger partial charge on any atom is 0.274 e. The molecule has 2 aliphatic rings. The Balaban J connectivity index is 1.28. The first-order valence-electron chi connectivity index (χ1n) is 11.4. The number of hydrogen-bond donors (Lipinski definition) is 0. The maximum absolute atomic E-state index is 13.0.